The Morgan fingerprint density at radius 3 is 2.85 bits per heavy atom. The molecule has 1 atom stereocenters. The highest BCUT2D eigenvalue weighted by molar-refractivity contribution is 9.11. The molecule has 0 aliphatic heterocycles. The van der Waals surface area contributed by atoms with Gasteiger partial charge in [0.2, 0.25) is 0 Å². The fourth-order valence-corrected chi connectivity index (χ4v) is 3.28. The van der Waals surface area contributed by atoms with E-state index in [0.717, 1.165) is 22.3 Å². The quantitative estimate of drug-likeness (QED) is 0.805. The maximum atomic E-state index is 14.5. The summed E-state index contributed by atoms with van der Waals surface area (Å²) in [7, 11) is 1.48. The van der Waals surface area contributed by atoms with Gasteiger partial charge in [0.05, 0.1) is 16.9 Å². The molecule has 20 heavy (non-hydrogen) atoms. The molecule has 5 heteroatoms. The van der Waals surface area contributed by atoms with Crippen LogP contribution in [0, 0.1) is 5.82 Å². The summed E-state index contributed by atoms with van der Waals surface area (Å²) in [5.41, 5.74) is 1.67. The fourth-order valence-electron chi connectivity index (χ4n) is 2.08. The monoisotopic (exact) mass is 357 g/mol. The van der Waals surface area contributed by atoms with E-state index in [-0.39, 0.29) is 17.6 Å². The van der Waals surface area contributed by atoms with Gasteiger partial charge in [-0.1, -0.05) is 19.1 Å². The third kappa shape index (κ3) is 3.40. The Hall–Kier alpha value is -0.910. The summed E-state index contributed by atoms with van der Waals surface area (Å²) in [5.74, 6) is -0.0222. The molecule has 1 aromatic heterocycles. The molecule has 108 valence electrons. The van der Waals surface area contributed by atoms with Crippen molar-refractivity contribution >= 4 is 27.3 Å². The molecule has 0 spiro atoms. The van der Waals surface area contributed by atoms with Crippen LogP contribution >= 0.6 is 27.3 Å². The van der Waals surface area contributed by atoms with E-state index < -0.39 is 0 Å². The molecule has 0 bridgehead atoms. The highest BCUT2D eigenvalue weighted by atomic mass is 79.9. The Balaban J connectivity index is 2.41. The molecule has 0 aliphatic carbocycles. The van der Waals surface area contributed by atoms with Crippen LogP contribution in [0.4, 0.5) is 4.39 Å². The zero-order valence-corrected chi connectivity index (χ0v) is 13.9. The zero-order valence-electron chi connectivity index (χ0n) is 11.5. The van der Waals surface area contributed by atoms with Gasteiger partial charge in [0.25, 0.3) is 0 Å². The summed E-state index contributed by atoms with van der Waals surface area (Å²) in [6.45, 7) is 2.92. The number of ether oxygens (including phenoxy) is 1. The summed E-state index contributed by atoms with van der Waals surface area (Å²) in [4.78, 5) is 0. The van der Waals surface area contributed by atoms with Crippen molar-refractivity contribution in [2.75, 3.05) is 13.7 Å². The van der Waals surface area contributed by atoms with E-state index in [1.54, 1.807) is 23.5 Å². The van der Waals surface area contributed by atoms with Gasteiger partial charge in [-0.3, -0.25) is 0 Å². The van der Waals surface area contributed by atoms with Gasteiger partial charge in [-0.25, -0.2) is 4.39 Å². The van der Waals surface area contributed by atoms with Crippen LogP contribution in [0.5, 0.6) is 5.75 Å². The fraction of sp³-hybridized carbons (Fsp3) is 0.333. The predicted octanol–water partition coefficient (Wildman–Crippen LogP) is 4.75. The van der Waals surface area contributed by atoms with Crippen LogP contribution < -0.4 is 10.1 Å². The number of rotatable bonds is 6. The molecule has 0 radical (unpaired) electrons. The molecule has 2 rings (SSSR count). The van der Waals surface area contributed by atoms with Crippen molar-refractivity contribution in [1.82, 2.24) is 5.32 Å². The second-order valence-corrected chi connectivity index (χ2v) is 6.73. The molecule has 1 heterocycles. The molecule has 1 N–H and O–H groups in total. The number of benzene rings is 1. The first-order chi connectivity index (χ1) is 9.67. The molecule has 0 saturated carbocycles. The number of hydrogen-bond donors (Lipinski definition) is 1. The largest absolute Gasteiger partial charge is 0.494 e. The van der Waals surface area contributed by atoms with Crippen LogP contribution in [0.3, 0.4) is 0 Å². The van der Waals surface area contributed by atoms with Crippen LogP contribution in [0.25, 0.3) is 0 Å². The summed E-state index contributed by atoms with van der Waals surface area (Å²) in [6, 6.07) is 7.12. The van der Waals surface area contributed by atoms with Crippen molar-refractivity contribution in [2.24, 2.45) is 0 Å². The number of nitrogens with one attached hydrogen (secondary N) is 1. The first-order valence-corrected chi connectivity index (χ1v) is 8.14. The molecule has 1 unspecified atom stereocenters. The third-order valence-electron chi connectivity index (χ3n) is 3.04. The Bertz CT molecular complexity index is 573. The highest BCUT2D eigenvalue weighted by Gasteiger charge is 2.20. The third-order valence-corrected chi connectivity index (χ3v) is 4.57. The molecule has 2 nitrogen and oxygen atoms in total. The van der Waals surface area contributed by atoms with Crippen LogP contribution in [-0.4, -0.2) is 13.7 Å². The number of methoxy groups -OCH3 is 1. The molecule has 2 aromatic rings. The zero-order chi connectivity index (χ0) is 14.5. The van der Waals surface area contributed by atoms with Crippen LogP contribution in [0.1, 0.15) is 30.5 Å². The normalized spacial score (nSPS) is 12.4. The summed E-state index contributed by atoms with van der Waals surface area (Å²) in [5, 5.41) is 5.44. The summed E-state index contributed by atoms with van der Waals surface area (Å²) < 4.78 is 20.6. The lowest BCUT2D eigenvalue weighted by Gasteiger charge is -2.19. The highest BCUT2D eigenvalue weighted by Crippen LogP contribution is 2.33. The van der Waals surface area contributed by atoms with Crippen molar-refractivity contribution in [3.63, 3.8) is 0 Å². The summed E-state index contributed by atoms with van der Waals surface area (Å²) in [6.07, 6.45) is 0.993. The van der Waals surface area contributed by atoms with Crippen molar-refractivity contribution in [3.05, 3.63) is 50.4 Å². The van der Waals surface area contributed by atoms with E-state index >= 15 is 0 Å². The molecule has 0 amide bonds. The van der Waals surface area contributed by atoms with E-state index in [4.69, 9.17) is 4.74 Å². The minimum atomic E-state index is -0.300. The second-order valence-electron chi connectivity index (χ2n) is 4.43. The lowest BCUT2D eigenvalue weighted by atomic mass is 10.00. The lowest BCUT2D eigenvalue weighted by molar-refractivity contribution is 0.381. The first kappa shape index (κ1) is 15.5. The smallest absolute Gasteiger partial charge is 0.170 e. The van der Waals surface area contributed by atoms with Crippen molar-refractivity contribution < 1.29 is 9.13 Å². The number of hydrogen-bond acceptors (Lipinski definition) is 3. The average molecular weight is 358 g/mol. The molecular formula is C15H17BrFNOS. The Morgan fingerprint density at radius 2 is 2.25 bits per heavy atom. The van der Waals surface area contributed by atoms with E-state index in [0.29, 0.717) is 5.56 Å². The number of thiophene rings is 1. The molecule has 0 aliphatic rings. The van der Waals surface area contributed by atoms with Gasteiger partial charge in [-0.2, -0.15) is 0 Å². The van der Waals surface area contributed by atoms with Gasteiger partial charge >= 0.3 is 0 Å². The Labute approximate surface area is 131 Å². The van der Waals surface area contributed by atoms with E-state index in [1.165, 1.54) is 7.11 Å². The lowest BCUT2D eigenvalue weighted by Crippen LogP contribution is -2.23. The van der Waals surface area contributed by atoms with Gasteiger partial charge in [0.1, 0.15) is 0 Å². The maximum Gasteiger partial charge on any atom is 0.170 e. The Morgan fingerprint density at radius 1 is 1.45 bits per heavy atom. The molecular weight excluding hydrogens is 341 g/mol. The van der Waals surface area contributed by atoms with Gasteiger partial charge in [-0.15, -0.1) is 11.3 Å². The van der Waals surface area contributed by atoms with Crippen LogP contribution in [0.15, 0.2) is 33.4 Å². The Kier molecular flexibility index (Phi) is 5.57. The molecule has 0 saturated heterocycles. The van der Waals surface area contributed by atoms with Gasteiger partial charge in [-0.05, 0) is 52.0 Å². The van der Waals surface area contributed by atoms with E-state index in [1.807, 2.05) is 17.5 Å². The minimum Gasteiger partial charge on any atom is -0.494 e. The second kappa shape index (κ2) is 7.20. The van der Waals surface area contributed by atoms with Crippen molar-refractivity contribution in [1.29, 1.82) is 0 Å². The van der Waals surface area contributed by atoms with Crippen molar-refractivity contribution in [2.45, 2.75) is 19.4 Å². The number of halogens is 2. The molecule has 1 aromatic carbocycles. The standard InChI is InChI=1S/C15H17BrFNOS/c1-3-7-18-15(10-8-13(16)20-9-10)11-5-4-6-12(19-2)14(11)17/h4-6,8-9,15,18H,3,7H2,1-2H3. The first-order valence-electron chi connectivity index (χ1n) is 6.47. The van der Waals surface area contributed by atoms with Crippen LogP contribution in [0.2, 0.25) is 0 Å². The maximum absolute atomic E-state index is 14.5. The van der Waals surface area contributed by atoms with Gasteiger partial charge in [0.15, 0.2) is 11.6 Å². The van der Waals surface area contributed by atoms with Gasteiger partial charge in [0, 0.05) is 5.56 Å². The van der Waals surface area contributed by atoms with E-state index in [2.05, 4.69) is 28.2 Å². The van der Waals surface area contributed by atoms with Crippen molar-refractivity contribution in [3.8, 4) is 5.75 Å². The van der Waals surface area contributed by atoms with Crippen LogP contribution in [-0.2, 0) is 0 Å². The topological polar surface area (TPSA) is 21.3 Å². The predicted molar refractivity (Wildman–Crippen MR) is 85.1 cm³/mol. The van der Waals surface area contributed by atoms with Gasteiger partial charge < -0.3 is 10.1 Å². The molecule has 0 fully saturated rings. The minimum absolute atomic E-state index is 0.160. The SMILES string of the molecule is CCCNC(c1csc(Br)c1)c1cccc(OC)c1F. The van der Waals surface area contributed by atoms with E-state index in [9.17, 15) is 4.39 Å². The average Bonchev–Trinajstić information content (AvgIpc) is 2.87. The summed E-state index contributed by atoms with van der Waals surface area (Å²) >= 11 is 5.06.